The average Bonchev–Trinajstić information content (AvgIpc) is 3.22. The summed E-state index contributed by atoms with van der Waals surface area (Å²) in [5.74, 6) is -1.92. The number of nitrogens with zero attached hydrogens (tertiary/aromatic N) is 2. The van der Waals surface area contributed by atoms with Gasteiger partial charge in [0.2, 0.25) is 0 Å². The van der Waals surface area contributed by atoms with Gasteiger partial charge >= 0.3 is 24.2 Å². The lowest BCUT2D eigenvalue weighted by molar-refractivity contribution is -0.161. The fourth-order valence-electron chi connectivity index (χ4n) is 6.00. The van der Waals surface area contributed by atoms with Gasteiger partial charge in [0.05, 0.1) is 5.69 Å². The van der Waals surface area contributed by atoms with Crippen molar-refractivity contribution in [2.24, 2.45) is 0 Å². The molecule has 0 spiro atoms. The Morgan fingerprint density at radius 3 is 1.52 bits per heavy atom. The number of halogens is 1. The minimum absolute atomic E-state index is 0.0288. The first-order valence-electron chi connectivity index (χ1n) is 17.3. The molecule has 1 aliphatic rings. The van der Waals surface area contributed by atoms with E-state index < -0.39 is 35.6 Å². The fraction of sp³-hybridized carbons (Fsp3) is 0.190. The van der Waals surface area contributed by atoms with E-state index in [9.17, 15) is 19.2 Å². The number of esters is 1. The molecule has 0 aromatic heterocycles. The van der Waals surface area contributed by atoms with Gasteiger partial charge in [0.15, 0.2) is 5.54 Å². The van der Waals surface area contributed by atoms with Gasteiger partial charge in [0.1, 0.15) is 32.2 Å². The minimum atomic E-state index is -2.05. The molecule has 1 saturated heterocycles. The van der Waals surface area contributed by atoms with Crippen LogP contribution in [0.3, 0.4) is 0 Å². The highest BCUT2D eigenvalue weighted by molar-refractivity contribution is 6.09. The molecule has 1 unspecified atom stereocenters. The maximum Gasteiger partial charge on any atom is 0.424 e. The summed E-state index contributed by atoms with van der Waals surface area (Å²) >= 11 is 0. The van der Waals surface area contributed by atoms with Gasteiger partial charge in [0, 0.05) is 25.2 Å². The number of anilines is 1. The van der Waals surface area contributed by atoms with Crippen LogP contribution >= 0.6 is 0 Å². The van der Waals surface area contributed by atoms with Crippen molar-refractivity contribution in [2.45, 2.75) is 32.0 Å². The Kier molecular flexibility index (Phi) is 12.3. The molecule has 3 amide bonds. The number of hydrogen-bond acceptors (Lipinski definition) is 9. The zero-order valence-electron chi connectivity index (χ0n) is 29.3. The maximum atomic E-state index is 16.7. The fourth-order valence-corrected chi connectivity index (χ4v) is 6.00. The van der Waals surface area contributed by atoms with Crippen molar-refractivity contribution in [3.05, 3.63) is 173 Å². The van der Waals surface area contributed by atoms with Gasteiger partial charge in [-0.25, -0.2) is 23.6 Å². The summed E-state index contributed by atoms with van der Waals surface area (Å²) in [6.45, 7) is -0.566. The van der Waals surface area contributed by atoms with Crippen LogP contribution in [0, 0.1) is 5.82 Å². The first-order valence-corrected chi connectivity index (χ1v) is 17.3. The molecule has 12 heteroatoms. The van der Waals surface area contributed by atoms with Gasteiger partial charge < -0.3 is 24.3 Å². The number of carbonyl (C=O) groups is 4. The number of ether oxygens (including phenoxy) is 4. The Morgan fingerprint density at radius 2 is 1.06 bits per heavy atom. The van der Waals surface area contributed by atoms with Gasteiger partial charge in [-0.3, -0.25) is 4.90 Å². The molecule has 0 bridgehead atoms. The summed E-state index contributed by atoms with van der Waals surface area (Å²) in [6, 6.07) is 39.0. The van der Waals surface area contributed by atoms with Crippen LogP contribution in [-0.2, 0) is 55.7 Å². The molecule has 0 aliphatic carbocycles. The zero-order chi connectivity index (χ0) is 37.8. The molecule has 1 atom stereocenters. The highest BCUT2D eigenvalue weighted by atomic mass is 19.1. The van der Waals surface area contributed by atoms with Crippen LogP contribution < -0.4 is 10.2 Å². The standard InChI is InChI=1S/C42H38FN3O8/c43-37-25-35(46(40(49)53-28-33-17-9-3-10-18-33)41(50)54-29-34-19-11-4-12-20-34)21-22-36(37)42(38(47)51-26-31-13-5-1-6-14-31)30-44-23-24-45(42)39(48)52-27-32-15-7-2-8-16-32/h1-22,25,44H,23-24,26-30H2. The molecule has 5 aromatic carbocycles. The number of rotatable bonds is 11. The molecule has 1 N–H and O–H groups in total. The third-order valence-corrected chi connectivity index (χ3v) is 8.76. The normalized spacial score (nSPS) is 15.1. The number of carbonyl (C=O) groups excluding carboxylic acids is 4. The topological polar surface area (TPSA) is 124 Å². The van der Waals surface area contributed by atoms with E-state index in [1.165, 1.54) is 12.1 Å². The van der Waals surface area contributed by atoms with Crippen molar-refractivity contribution in [3.63, 3.8) is 0 Å². The summed E-state index contributed by atoms with van der Waals surface area (Å²) in [5, 5.41) is 3.10. The van der Waals surface area contributed by atoms with E-state index in [0.29, 0.717) is 27.2 Å². The van der Waals surface area contributed by atoms with Gasteiger partial charge in [-0.05, 0) is 34.4 Å². The molecule has 1 aliphatic heterocycles. The van der Waals surface area contributed by atoms with Crippen LogP contribution in [0.5, 0.6) is 0 Å². The SMILES string of the molecule is O=C(OCc1ccccc1)N(C(=O)OCc1ccccc1)c1ccc(C2(C(=O)OCc3ccccc3)CNCCN2C(=O)OCc2ccccc2)c(F)c1. The van der Waals surface area contributed by atoms with E-state index in [0.717, 1.165) is 11.0 Å². The second-order valence-electron chi connectivity index (χ2n) is 12.4. The highest BCUT2D eigenvalue weighted by Crippen LogP contribution is 2.36. The van der Waals surface area contributed by atoms with Crippen molar-refractivity contribution in [1.82, 2.24) is 10.2 Å². The van der Waals surface area contributed by atoms with Crippen LogP contribution in [-0.4, -0.2) is 48.8 Å². The van der Waals surface area contributed by atoms with Crippen LogP contribution in [0.25, 0.3) is 0 Å². The van der Waals surface area contributed by atoms with Crippen molar-refractivity contribution in [2.75, 3.05) is 24.5 Å². The largest absolute Gasteiger partial charge is 0.459 e. The maximum absolute atomic E-state index is 16.7. The van der Waals surface area contributed by atoms with Gasteiger partial charge in [0.25, 0.3) is 0 Å². The molecule has 276 valence electrons. The van der Waals surface area contributed by atoms with E-state index in [2.05, 4.69) is 5.32 Å². The summed E-state index contributed by atoms with van der Waals surface area (Å²) in [4.78, 5) is 56.8. The van der Waals surface area contributed by atoms with E-state index in [1.807, 2.05) is 12.1 Å². The van der Waals surface area contributed by atoms with Gasteiger partial charge in [-0.15, -0.1) is 0 Å². The zero-order valence-corrected chi connectivity index (χ0v) is 29.3. The van der Waals surface area contributed by atoms with Crippen molar-refractivity contribution < 1.29 is 42.5 Å². The summed E-state index contributed by atoms with van der Waals surface area (Å²) in [5.41, 5.74) is 0.181. The molecule has 1 heterocycles. The Labute approximate surface area is 311 Å². The van der Waals surface area contributed by atoms with Crippen LogP contribution in [0.4, 0.5) is 24.5 Å². The number of piperazine rings is 1. The van der Waals surface area contributed by atoms with Crippen LogP contribution in [0.2, 0.25) is 0 Å². The molecule has 54 heavy (non-hydrogen) atoms. The Balaban J connectivity index is 1.33. The van der Waals surface area contributed by atoms with Crippen LogP contribution in [0.1, 0.15) is 27.8 Å². The lowest BCUT2D eigenvalue weighted by Crippen LogP contribution is -2.65. The lowest BCUT2D eigenvalue weighted by Gasteiger charge is -2.44. The third kappa shape index (κ3) is 8.91. The predicted octanol–water partition coefficient (Wildman–Crippen LogP) is 7.49. The average molecular weight is 732 g/mol. The minimum Gasteiger partial charge on any atom is -0.459 e. The molecule has 1 fully saturated rings. The van der Waals surface area contributed by atoms with E-state index in [4.69, 9.17) is 18.9 Å². The number of benzene rings is 5. The second-order valence-corrected chi connectivity index (χ2v) is 12.4. The molecule has 0 radical (unpaired) electrons. The predicted molar refractivity (Wildman–Crippen MR) is 196 cm³/mol. The van der Waals surface area contributed by atoms with Crippen molar-refractivity contribution in [1.29, 1.82) is 0 Å². The molecular weight excluding hydrogens is 693 g/mol. The summed E-state index contributed by atoms with van der Waals surface area (Å²) in [6.07, 6.45) is -3.10. The summed E-state index contributed by atoms with van der Waals surface area (Å²) < 4.78 is 39.1. The molecular formula is C42H38FN3O8. The number of nitrogens with one attached hydrogen (secondary N) is 1. The van der Waals surface area contributed by atoms with Gasteiger partial charge in [-0.2, -0.15) is 4.90 Å². The number of amides is 3. The number of imide groups is 1. The second kappa shape index (κ2) is 17.8. The van der Waals surface area contributed by atoms with E-state index in [1.54, 1.807) is 109 Å². The monoisotopic (exact) mass is 731 g/mol. The first kappa shape index (κ1) is 37.2. The van der Waals surface area contributed by atoms with E-state index >= 15 is 4.39 Å². The quantitative estimate of drug-likeness (QED) is 0.109. The third-order valence-electron chi connectivity index (χ3n) is 8.76. The molecule has 0 saturated carbocycles. The molecule has 6 rings (SSSR count). The van der Waals surface area contributed by atoms with Crippen molar-refractivity contribution in [3.8, 4) is 0 Å². The van der Waals surface area contributed by atoms with Crippen molar-refractivity contribution >= 4 is 29.9 Å². The number of hydrogen-bond donors (Lipinski definition) is 1. The van der Waals surface area contributed by atoms with Gasteiger partial charge in [-0.1, -0.05) is 127 Å². The summed E-state index contributed by atoms with van der Waals surface area (Å²) in [7, 11) is 0. The highest BCUT2D eigenvalue weighted by Gasteiger charge is 2.53. The smallest absolute Gasteiger partial charge is 0.424 e. The Hall–Kier alpha value is -6.53. The Bertz CT molecular complexity index is 1980. The lowest BCUT2D eigenvalue weighted by atomic mass is 9.85. The molecule has 11 nitrogen and oxygen atoms in total. The molecule has 5 aromatic rings. The first-order chi connectivity index (χ1) is 26.3. The Morgan fingerprint density at radius 1 is 0.611 bits per heavy atom. The van der Waals surface area contributed by atoms with Crippen LogP contribution in [0.15, 0.2) is 140 Å². The van der Waals surface area contributed by atoms with E-state index in [-0.39, 0.29) is 57.3 Å².